The summed E-state index contributed by atoms with van der Waals surface area (Å²) >= 11 is 0. The molecule has 1 amide bonds. The molecule has 0 spiro atoms. The van der Waals surface area contributed by atoms with Crippen molar-refractivity contribution in [1.82, 2.24) is 10.2 Å². The molecule has 106 valence electrons. The molecule has 0 saturated carbocycles. The van der Waals surface area contributed by atoms with Crippen LogP contribution >= 0.6 is 0 Å². The molecule has 1 unspecified atom stereocenters. The second-order valence-corrected chi connectivity index (χ2v) is 7.61. The van der Waals surface area contributed by atoms with Gasteiger partial charge in [-0.2, -0.15) is 0 Å². The normalized spacial score (nSPS) is 21.8. The minimum Gasteiger partial charge on any atom is -0.335 e. The van der Waals surface area contributed by atoms with E-state index < -0.39 is 0 Å². The van der Waals surface area contributed by atoms with Gasteiger partial charge < -0.3 is 10.2 Å². The molecule has 1 saturated heterocycles. The molecule has 1 N–H and O–H groups in total. The molecule has 0 bridgehead atoms. The number of carbonyl (C=O) groups excluding carboxylic acids is 1. The SMILES string of the molecule is CC(CC(=O)N1CCNCC1(C)C)CC(C)(C)C. The number of piperazine rings is 1. The van der Waals surface area contributed by atoms with Gasteiger partial charge >= 0.3 is 0 Å². The van der Waals surface area contributed by atoms with Gasteiger partial charge in [0.25, 0.3) is 0 Å². The Bertz CT molecular complexity index is 291. The first-order valence-electron chi connectivity index (χ1n) is 7.13. The summed E-state index contributed by atoms with van der Waals surface area (Å²) in [6.45, 7) is 15.9. The van der Waals surface area contributed by atoms with Gasteiger partial charge in [-0.3, -0.25) is 4.79 Å². The van der Waals surface area contributed by atoms with E-state index in [9.17, 15) is 4.79 Å². The maximum Gasteiger partial charge on any atom is 0.223 e. The molecule has 1 heterocycles. The van der Waals surface area contributed by atoms with E-state index in [0.29, 0.717) is 23.7 Å². The predicted molar refractivity (Wildman–Crippen MR) is 76.5 cm³/mol. The number of carbonyl (C=O) groups is 1. The predicted octanol–water partition coefficient (Wildman–Crippen LogP) is 2.66. The second-order valence-electron chi connectivity index (χ2n) is 7.61. The molecule has 1 rings (SSSR count). The van der Waals surface area contributed by atoms with Crippen molar-refractivity contribution in [2.24, 2.45) is 11.3 Å². The van der Waals surface area contributed by atoms with Crippen LogP contribution in [0.25, 0.3) is 0 Å². The van der Waals surface area contributed by atoms with Crippen LogP contribution in [0.5, 0.6) is 0 Å². The van der Waals surface area contributed by atoms with Crippen molar-refractivity contribution in [3.8, 4) is 0 Å². The summed E-state index contributed by atoms with van der Waals surface area (Å²) in [4.78, 5) is 14.5. The summed E-state index contributed by atoms with van der Waals surface area (Å²) in [5.41, 5.74) is 0.259. The molecule has 0 aliphatic carbocycles. The zero-order valence-corrected chi connectivity index (χ0v) is 13.0. The lowest BCUT2D eigenvalue weighted by molar-refractivity contribution is -0.138. The van der Waals surface area contributed by atoms with Gasteiger partial charge in [0.05, 0.1) is 0 Å². The van der Waals surface area contributed by atoms with E-state index in [1.165, 1.54) is 0 Å². The first kappa shape index (κ1) is 15.5. The molecule has 0 aromatic rings. The minimum absolute atomic E-state index is 0.0449. The average molecular weight is 254 g/mol. The summed E-state index contributed by atoms with van der Waals surface area (Å²) in [6, 6.07) is 0. The van der Waals surface area contributed by atoms with E-state index in [0.717, 1.165) is 26.1 Å². The van der Waals surface area contributed by atoms with Crippen molar-refractivity contribution >= 4 is 5.91 Å². The highest BCUT2D eigenvalue weighted by Crippen LogP contribution is 2.27. The summed E-state index contributed by atoms with van der Waals surface area (Å²) in [5, 5.41) is 3.36. The monoisotopic (exact) mass is 254 g/mol. The molecule has 1 atom stereocenters. The topological polar surface area (TPSA) is 32.3 Å². The van der Waals surface area contributed by atoms with E-state index >= 15 is 0 Å². The highest BCUT2D eigenvalue weighted by molar-refractivity contribution is 5.77. The Balaban J connectivity index is 2.54. The van der Waals surface area contributed by atoms with Gasteiger partial charge in [-0.15, -0.1) is 0 Å². The Morgan fingerprint density at radius 3 is 2.50 bits per heavy atom. The number of rotatable bonds is 3. The fourth-order valence-electron chi connectivity index (χ4n) is 2.97. The third-order valence-electron chi connectivity index (χ3n) is 3.59. The first-order valence-corrected chi connectivity index (χ1v) is 7.13. The Morgan fingerprint density at radius 1 is 1.39 bits per heavy atom. The van der Waals surface area contributed by atoms with Crippen molar-refractivity contribution in [3.05, 3.63) is 0 Å². The first-order chi connectivity index (χ1) is 8.12. The molecule has 3 heteroatoms. The van der Waals surface area contributed by atoms with E-state index in [4.69, 9.17) is 0 Å². The van der Waals surface area contributed by atoms with Gasteiger partial charge in [-0.05, 0) is 31.6 Å². The maximum absolute atomic E-state index is 12.4. The minimum atomic E-state index is -0.0449. The molecular weight excluding hydrogens is 224 g/mol. The number of hydrogen-bond donors (Lipinski definition) is 1. The van der Waals surface area contributed by atoms with Gasteiger partial charge in [0.1, 0.15) is 0 Å². The van der Waals surface area contributed by atoms with Gasteiger partial charge in [0.2, 0.25) is 5.91 Å². The van der Waals surface area contributed by atoms with Crippen LogP contribution < -0.4 is 5.32 Å². The largest absolute Gasteiger partial charge is 0.335 e. The van der Waals surface area contributed by atoms with Gasteiger partial charge in [0, 0.05) is 31.6 Å². The number of nitrogens with zero attached hydrogens (tertiary/aromatic N) is 1. The highest BCUT2D eigenvalue weighted by atomic mass is 16.2. The molecular formula is C15H30N2O. The van der Waals surface area contributed by atoms with Crippen LogP contribution in [0.3, 0.4) is 0 Å². The van der Waals surface area contributed by atoms with Gasteiger partial charge in [0.15, 0.2) is 0 Å². The molecule has 0 aromatic heterocycles. The van der Waals surface area contributed by atoms with E-state index in [-0.39, 0.29) is 5.54 Å². The Labute approximate surface area is 112 Å². The van der Waals surface area contributed by atoms with Crippen LogP contribution in [0.15, 0.2) is 0 Å². The molecule has 1 aliphatic rings. The Morgan fingerprint density at radius 2 is 2.00 bits per heavy atom. The van der Waals surface area contributed by atoms with Crippen LogP contribution in [0, 0.1) is 11.3 Å². The second kappa shape index (κ2) is 5.60. The van der Waals surface area contributed by atoms with E-state index in [1.807, 2.05) is 0 Å². The smallest absolute Gasteiger partial charge is 0.223 e. The zero-order valence-electron chi connectivity index (χ0n) is 13.0. The molecule has 1 fully saturated rings. The fourth-order valence-corrected chi connectivity index (χ4v) is 2.97. The van der Waals surface area contributed by atoms with Crippen molar-refractivity contribution in [1.29, 1.82) is 0 Å². The quantitative estimate of drug-likeness (QED) is 0.840. The zero-order chi connectivity index (χ0) is 14.0. The van der Waals surface area contributed by atoms with Crippen LogP contribution in [-0.4, -0.2) is 36.0 Å². The Kier molecular flexibility index (Phi) is 4.82. The lowest BCUT2D eigenvalue weighted by atomic mass is 9.83. The van der Waals surface area contributed by atoms with E-state index in [1.54, 1.807) is 0 Å². The third kappa shape index (κ3) is 4.60. The lowest BCUT2D eigenvalue weighted by Crippen LogP contribution is -2.60. The van der Waals surface area contributed by atoms with E-state index in [2.05, 4.69) is 51.8 Å². The van der Waals surface area contributed by atoms with Crippen LogP contribution in [0.2, 0.25) is 0 Å². The Hall–Kier alpha value is -0.570. The fraction of sp³-hybridized carbons (Fsp3) is 0.933. The molecule has 0 aromatic carbocycles. The van der Waals surface area contributed by atoms with Gasteiger partial charge in [-0.1, -0.05) is 27.7 Å². The number of amides is 1. The summed E-state index contributed by atoms with van der Waals surface area (Å²) in [6.07, 6.45) is 1.78. The van der Waals surface area contributed by atoms with Crippen molar-refractivity contribution in [2.45, 2.75) is 59.9 Å². The number of hydrogen-bond acceptors (Lipinski definition) is 2. The summed E-state index contributed by atoms with van der Waals surface area (Å²) < 4.78 is 0. The summed E-state index contributed by atoms with van der Waals surface area (Å²) in [7, 11) is 0. The van der Waals surface area contributed by atoms with Crippen molar-refractivity contribution < 1.29 is 4.79 Å². The maximum atomic E-state index is 12.4. The van der Waals surface area contributed by atoms with Crippen LogP contribution in [0.1, 0.15) is 54.4 Å². The number of nitrogens with one attached hydrogen (secondary N) is 1. The van der Waals surface area contributed by atoms with Crippen molar-refractivity contribution in [3.63, 3.8) is 0 Å². The van der Waals surface area contributed by atoms with Gasteiger partial charge in [-0.25, -0.2) is 0 Å². The van der Waals surface area contributed by atoms with Crippen molar-refractivity contribution in [2.75, 3.05) is 19.6 Å². The lowest BCUT2D eigenvalue weighted by Gasteiger charge is -2.43. The third-order valence-corrected chi connectivity index (χ3v) is 3.59. The average Bonchev–Trinajstić information content (AvgIpc) is 2.12. The highest BCUT2D eigenvalue weighted by Gasteiger charge is 2.33. The standard InChI is InChI=1S/C15H30N2O/c1-12(10-14(2,3)4)9-13(18)17-8-7-16-11-15(17,5)6/h12,16H,7-11H2,1-6H3. The van der Waals surface area contributed by atoms with Crippen LogP contribution in [0.4, 0.5) is 0 Å². The van der Waals surface area contributed by atoms with Crippen LogP contribution in [-0.2, 0) is 4.79 Å². The molecule has 0 radical (unpaired) electrons. The molecule has 3 nitrogen and oxygen atoms in total. The molecule has 1 aliphatic heterocycles. The molecule has 18 heavy (non-hydrogen) atoms. The summed E-state index contributed by atoms with van der Waals surface area (Å²) in [5.74, 6) is 0.779.